The molecule has 0 fully saturated rings. The third-order valence-corrected chi connectivity index (χ3v) is 4.67. The number of rotatable bonds is 4. The number of carbonyl (C=O) groups is 1. The number of halogens is 1. The standard InChI is InChI=1S/C18H17NO2S.BrH/c1-21-15-8-6-14(7-9-15)17(20)12-22-18-16-5-3-2-4-13(16)10-11-19-18;/h2-9H,10-12H2,1H3;1H. The lowest BCUT2D eigenvalue weighted by Crippen LogP contribution is -2.12. The zero-order valence-electron chi connectivity index (χ0n) is 12.8. The Bertz CT molecular complexity index is 713. The highest BCUT2D eigenvalue weighted by Crippen LogP contribution is 2.23. The number of thioether (sulfide) groups is 1. The second-order valence-electron chi connectivity index (χ2n) is 5.03. The number of Topliss-reactive ketones (excluding diaryl/α,β-unsaturated/α-hetero) is 1. The summed E-state index contributed by atoms with van der Waals surface area (Å²) in [7, 11) is 1.62. The number of ether oxygens (including phenoxy) is 1. The van der Waals surface area contributed by atoms with E-state index in [2.05, 4.69) is 23.2 Å². The Labute approximate surface area is 150 Å². The number of carbonyl (C=O) groups excluding carboxylic acids is 1. The van der Waals surface area contributed by atoms with Crippen molar-refractivity contribution in [2.24, 2.45) is 4.99 Å². The summed E-state index contributed by atoms with van der Waals surface area (Å²) in [6.45, 7) is 0.802. The Morgan fingerprint density at radius 1 is 1.17 bits per heavy atom. The summed E-state index contributed by atoms with van der Waals surface area (Å²) in [5.41, 5.74) is 3.19. The Morgan fingerprint density at radius 3 is 2.65 bits per heavy atom. The van der Waals surface area contributed by atoms with Crippen LogP contribution < -0.4 is 4.74 Å². The molecule has 1 aliphatic rings. The summed E-state index contributed by atoms with van der Waals surface area (Å²) < 4.78 is 5.11. The molecule has 0 aliphatic carbocycles. The molecule has 2 aromatic carbocycles. The predicted octanol–water partition coefficient (Wildman–Crippen LogP) is 4.19. The zero-order chi connectivity index (χ0) is 15.4. The molecule has 0 N–H and O–H groups in total. The van der Waals surface area contributed by atoms with Gasteiger partial charge in [0.05, 0.1) is 17.9 Å². The number of fused-ring (bicyclic) bond motifs is 1. The molecular weight excluding hydrogens is 374 g/mol. The van der Waals surface area contributed by atoms with E-state index < -0.39 is 0 Å². The van der Waals surface area contributed by atoms with E-state index in [1.165, 1.54) is 22.9 Å². The molecular formula is C18H18BrNO2S. The predicted molar refractivity (Wildman–Crippen MR) is 102 cm³/mol. The van der Waals surface area contributed by atoms with Crippen molar-refractivity contribution in [1.82, 2.24) is 0 Å². The van der Waals surface area contributed by atoms with Gasteiger partial charge in [0.1, 0.15) is 5.75 Å². The molecule has 0 spiro atoms. The van der Waals surface area contributed by atoms with Crippen molar-refractivity contribution in [3.63, 3.8) is 0 Å². The molecule has 0 unspecified atom stereocenters. The van der Waals surface area contributed by atoms with Crippen LogP contribution in [0.3, 0.4) is 0 Å². The van der Waals surface area contributed by atoms with Crippen LogP contribution in [-0.4, -0.2) is 30.2 Å². The molecule has 0 saturated heterocycles. The Balaban J connectivity index is 0.00000192. The first-order chi connectivity index (χ1) is 10.8. The third-order valence-electron chi connectivity index (χ3n) is 3.64. The molecule has 3 nitrogen and oxygen atoms in total. The van der Waals surface area contributed by atoms with E-state index in [9.17, 15) is 4.79 Å². The fraction of sp³-hybridized carbons (Fsp3) is 0.222. The third kappa shape index (κ3) is 4.24. The van der Waals surface area contributed by atoms with Gasteiger partial charge in [-0.25, -0.2) is 0 Å². The maximum absolute atomic E-state index is 12.3. The van der Waals surface area contributed by atoms with E-state index >= 15 is 0 Å². The van der Waals surface area contributed by atoms with Crippen molar-refractivity contribution in [2.75, 3.05) is 19.4 Å². The highest BCUT2D eigenvalue weighted by atomic mass is 79.9. The van der Waals surface area contributed by atoms with Gasteiger partial charge >= 0.3 is 0 Å². The molecule has 0 radical (unpaired) electrons. The Kier molecular flexibility index (Phi) is 6.42. The van der Waals surface area contributed by atoms with Gasteiger partial charge < -0.3 is 4.74 Å². The van der Waals surface area contributed by atoms with E-state index in [1.807, 2.05) is 18.2 Å². The fourth-order valence-corrected chi connectivity index (χ4v) is 3.40. The Hall–Kier alpha value is -1.59. The average molecular weight is 392 g/mol. The van der Waals surface area contributed by atoms with Gasteiger partial charge in [-0.15, -0.1) is 17.0 Å². The summed E-state index contributed by atoms with van der Waals surface area (Å²) in [6, 6.07) is 15.5. The van der Waals surface area contributed by atoms with Crippen molar-refractivity contribution < 1.29 is 9.53 Å². The van der Waals surface area contributed by atoms with Crippen LogP contribution in [0.1, 0.15) is 21.5 Å². The fourth-order valence-electron chi connectivity index (χ4n) is 2.43. The number of aliphatic imine (C=N–C) groups is 1. The normalized spacial score (nSPS) is 12.7. The van der Waals surface area contributed by atoms with Gasteiger partial charge in [0, 0.05) is 17.7 Å². The Morgan fingerprint density at radius 2 is 1.91 bits per heavy atom. The van der Waals surface area contributed by atoms with Crippen LogP contribution in [0, 0.1) is 0 Å². The van der Waals surface area contributed by atoms with E-state index in [1.54, 1.807) is 19.2 Å². The van der Waals surface area contributed by atoms with Crippen molar-refractivity contribution in [3.8, 4) is 5.75 Å². The molecule has 2 aromatic rings. The van der Waals surface area contributed by atoms with Gasteiger partial charge in [-0.05, 0) is 36.2 Å². The van der Waals surface area contributed by atoms with Gasteiger partial charge in [-0.3, -0.25) is 9.79 Å². The summed E-state index contributed by atoms with van der Waals surface area (Å²) in [6.07, 6.45) is 0.979. The smallest absolute Gasteiger partial charge is 0.173 e. The molecule has 0 amide bonds. The number of nitrogens with zero attached hydrogens (tertiary/aromatic N) is 1. The van der Waals surface area contributed by atoms with Crippen LogP contribution in [-0.2, 0) is 6.42 Å². The SMILES string of the molecule is Br.COc1ccc(C(=O)CSC2=NCCc3ccccc32)cc1. The highest BCUT2D eigenvalue weighted by molar-refractivity contribution is 8.93. The van der Waals surface area contributed by atoms with E-state index in [0.29, 0.717) is 11.3 Å². The van der Waals surface area contributed by atoms with E-state index in [0.717, 1.165) is 23.8 Å². The number of benzene rings is 2. The molecule has 120 valence electrons. The first-order valence-electron chi connectivity index (χ1n) is 7.20. The second-order valence-corrected chi connectivity index (χ2v) is 6.00. The molecule has 0 aromatic heterocycles. The van der Waals surface area contributed by atoms with Crippen LogP contribution >= 0.6 is 28.7 Å². The van der Waals surface area contributed by atoms with Crippen LogP contribution in [0.4, 0.5) is 0 Å². The van der Waals surface area contributed by atoms with Crippen LogP contribution in [0.25, 0.3) is 0 Å². The van der Waals surface area contributed by atoms with Crippen molar-refractivity contribution in [2.45, 2.75) is 6.42 Å². The molecule has 1 aliphatic heterocycles. The van der Waals surface area contributed by atoms with Gasteiger partial charge in [0.2, 0.25) is 0 Å². The molecule has 0 bridgehead atoms. The minimum absolute atomic E-state index is 0. The van der Waals surface area contributed by atoms with Crippen LogP contribution in [0.2, 0.25) is 0 Å². The van der Waals surface area contributed by atoms with Crippen LogP contribution in [0.5, 0.6) is 5.75 Å². The summed E-state index contributed by atoms with van der Waals surface area (Å²) in [4.78, 5) is 16.9. The highest BCUT2D eigenvalue weighted by Gasteiger charge is 2.15. The van der Waals surface area contributed by atoms with Gasteiger partial charge in [-0.2, -0.15) is 0 Å². The molecule has 1 heterocycles. The van der Waals surface area contributed by atoms with Crippen molar-refractivity contribution in [1.29, 1.82) is 0 Å². The summed E-state index contributed by atoms with van der Waals surface area (Å²) >= 11 is 1.52. The van der Waals surface area contributed by atoms with Crippen LogP contribution in [0.15, 0.2) is 53.5 Å². The topological polar surface area (TPSA) is 38.7 Å². The minimum Gasteiger partial charge on any atom is -0.497 e. The van der Waals surface area contributed by atoms with Crippen molar-refractivity contribution in [3.05, 3.63) is 65.2 Å². The van der Waals surface area contributed by atoms with E-state index in [4.69, 9.17) is 4.74 Å². The first kappa shape index (κ1) is 17.8. The summed E-state index contributed by atoms with van der Waals surface area (Å²) in [5.74, 6) is 1.27. The monoisotopic (exact) mass is 391 g/mol. The lowest BCUT2D eigenvalue weighted by Gasteiger charge is -2.15. The van der Waals surface area contributed by atoms with Gasteiger partial charge in [0.25, 0.3) is 0 Å². The lowest BCUT2D eigenvalue weighted by atomic mass is 10.0. The largest absolute Gasteiger partial charge is 0.497 e. The quantitative estimate of drug-likeness (QED) is 0.733. The lowest BCUT2D eigenvalue weighted by molar-refractivity contribution is 0.102. The second kappa shape index (κ2) is 8.31. The number of methoxy groups -OCH3 is 1. The molecule has 0 atom stereocenters. The molecule has 5 heteroatoms. The van der Waals surface area contributed by atoms with Gasteiger partial charge in [-0.1, -0.05) is 36.0 Å². The maximum atomic E-state index is 12.3. The number of hydrogen-bond donors (Lipinski definition) is 0. The number of hydrogen-bond acceptors (Lipinski definition) is 4. The zero-order valence-corrected chi connectivity index (χ0v) is 15.3. The summed E-state index contributed by atoms with van der Waals surface area (Å²) in [5, 5.41) is 0.976. The minimum atomic E-state index is 0. The number of ketones is 1. The van der Waals surface area contributed by atoms with Gasteiger partial charge in [0.15, 0.2) is 5.78 Å². The molecule has 23 heavy (non-hydrogen) atoms. The van der Waals surface area contributed by atoms with Crippen molar-refractivity contribution >= 4 is 39.6 Å². The molecule has 3 rings (SSSR count). The molecule has 0 saturated carbocycles. The maximum Gasteiger partial charge on any atom is 0.173 e. The van der Waals surface area contributed by atoms with E-state index in [-0.39, 0.29) is 22.8 Å². The average Bonchev–Trinajstić information content (AvgIpc) is 2.59. The first-order valence-corrected chi connectivity index (χ1v) is 8.19.